The maximum absolute atomic E-state index is 13.7. The van der Waals surface area contributed by atoms with Gasteiger partial charge in [-0.2, -0.15) is 0 Å². The van der Waals surface area contributed by atoms with Crippen LogP contribution in [-0.2, 0) is 9.59 Å². The molecule has 2 amide bonds. The van der Waals surface area contributed by atoms with Crippen molar-refractivity contribution < 1.29 is 14.0 Å². The van der Waals surface area contributed by atoms with Crippen molar-refractivity contribution in [2.45, 2.75) is 19.4 Å². The number of anilines is 2. The van der Waals surface area contributed by atoms with Crippen LogP contribution in [0, 0.1) is 12.7 Å². The topological polar surface area (TPSA) is 49.4 Å². The molecule has 0 aromatic heterocycles. The van der Waals surface area contributed by atoms with E-state index in [0.717, 1.165) is 5.56 Å². The van der Waals surface area contributed by atoms with Crippen molar-refractivity contribution >= 4 is 23.2 Å². The van der Waals surface area contributed by atoms with Gasteiger partial charge < -0.3 is 5.32 Å². The number of hydrogen-bond acceptors (Lipinski definition) is 3. The maximum atomic E-state index is 13.7. The summed E-state index contributed by atoms with van der Waals surface area (Å²) in [7, 11) is 0. The fraction of sp³-hybridized carbons (Fsp3) is 0.176. The summed E-state index contributed by atoms with van der Waals surface area (Å²) in [6.45, 7) is 1.84. The molecule has 0 spiro atoms. The molecule has 1 heterocycles. The fourth-order valence-corrected chi connectivity index (χ4v) is 2.58. The minimum absolute atomic E-state index is 0.0154. The number of amides is 2. The van der Waals surface area contributed by atoms with Gasteiger partial charge in [-0.25, -0.2) is 9.29 Å². The van der Waals surface area contributed by atoms with E-state index >= 15 is 0 Å². The summed E-state index contributed by atoms with van der Waals surface area (Å²) in [6, 6.07) is 12.5. The highest BCUT2D eigenvalue weighted by Gasteiger charge is 2.40. The smallest absolute Gasteiger partial charge is 0.256 e. The molecule has 0 bridgehead atoms. The second kappa shape index (κ2) is 5.60. The molecule has 0 aliphatic carbocycles. The van der Waals surface area contributed by atoms with Crippen LogP contribution >= 0.6 is 0 Å². The number of nitrogens with zero attached hydrogens (tertiary/aromatic N) is 1. The van der Waals surface area contributed by atoms with Crippen molar-refractivity contribution in [3.05, 3.63) is 59.9 Å². The molecule has 0 radical (unpaired) electrons. The van der Waals surface area contributed by atoms with Crippen LogP contribution < -0.4 is 10.2 Å². The molecule has 1 atom stereocenters. The Labute approximate surface area is 127 Å². The molecule has 3 rings (SSSR count). The number of imide groups is 1. The van der Waals surface area contributed by atoms with Crippen LogP contribution in [0.15, 0.2) is 48.5 Å². The highest BCUT2D eigenvalue weighted by atomic mass is 19.1. The third-order valence-electron chi connectivity index (χ3n) is 3.71. The zero-order chi connectivity index (χ0) is 15.7. The fourth-order valence-electron chi connectivity index (χ4n) is 2.58. The molecule has 1 saturated heterocycles. The lowest BCUT2D eigenvalue weighted by Gasteiger charge is -2.18. The van der Waals surface area contributed by atoms with Gasteiger partial charge >= 0.3 is 0 Å². The molecular weight excluding hydrogens is 283 g/mol. The van der Waals surface area contributed by atoms with Crippen LogP contribution in [0.2, 0.25) is 0 Å². The molecule has 5 heteroatoms. The summed E-state index contributed by atoms with van der Waals surface area (Å²) in [6.07, 6.45) is 0.0154. The van der Waals surface area contributed by atoms with Crippen molar-refractivity contribution in [2.75, 3.05) is 10.2 Å². The number of halogens is 1. The van der Waals surface area contributed by atoms with Crippen LogP contribution in [0.5, 0.6) is 0 Å². The normalized spacial score (nSPS) is 17.9. The molecule has 2 aromatic rings. The SMILES string of the molecule is Cc1ccccc1N1C(=O)C[C@@H](Nc2ccccc2F)C1=O. The minimum atomic E-state index is -0.746. The average molecular weight is 298 g/mol. The molecule has 4 nitrogen and oxygen atoms in total. The maximum Gasteiger partial charge on any atom is 0.256 e. The van der Waals surface area contributed by atoms with E-state index in [-0.39, 0.29) is 23.9 Å². The van der Waals surface area contributed by atoms with Gasteiger partial charge in [0.15, 0.2) is 0 Å². The number of hydrogen-bond donors (Lipinski definition) is 1. The summed E-state index contributed by atoms with van der Waals surface area (Å²) < 4.78 is 13.7. The zero-order valence-corrected chi connectivity index (χ0v) is 12.0. The Hall–Kier alpha value is -2.69. The van der Waals surface area contributed by atoms with E-state index in [2.05, 4.69) is 5.32 Å². The van der Waals surface area contributed by atoms with E-state index in [4.69, 9.17) is 0 Å². The largest absolute Gasteiger partial charge is 0.371 e. The molecule has 1 aliphatic heterocycles. The molecule has 1 fully saturated rings. The molecular formula is C17H15FN2O2. The van der Waals surface area contributed by atoms with E-state index in [0.29, 0.717) is 5.69 Å². The number of para-hydroxylation sites is 2. The zero-order valence-electron chi connectivity index (χ0n) is 12.0. The lowest BCUT2D eigenvalue weighted by Crippen LogP contribution is -2.35. The first-order valence-corrected chi connectivity index (χ1v) is 7.01. The summed E-state index contributed by atoms with van der Waals surface area (Å²) >= 11 is 0. The number of nitrogens with one attached hydrogen (secondary N) is 1. The van der Waals surface area contributed by atoms with Gasteiger partial charge in [0.05, 0.1) is 17.8 Å². The molecule has 1 N–H and O–H groups in total. The molecule has 1 aliphatic rings. The lowest BCUT2D eigenvalue weighted by atomic mass is 10.2. The third kappa shape index (κ3) is 2.45. The number of carbonyl (C=O) groups excluding carboxylic acids is 2. The molecule has 0 saturated carbocycles. The van der Waals surface area contributed by atoms with Crippen molar-refractivity contribution in [3.63, 3.8) is 0 Å². The van der Waals surface area contributed by atoms with E-state index in [9.17, 15) is 14.0 Å². The Bertz CT molecular complexity index is 745. The first-order valence-electron chi connectivity index (χ1n) is 7.01. The number of carbonyl (C=O) groups is 2. The molecule has 22 heavy (non-hydrogen) atoms. The van der Waals surface area contributed by atoms with E-state index in [1.54, 1.807) is 30.3 Å². The average Bonchev–Trinajstić information content (AvgIpc) is 2.77. The van der Waals surface area contributed by atoms with Crippen LogP contribution in [0.25, 0.3) is 0 Å². The summed E-state index contributed by atoms with van der Waals surface area (Å²) in [5.41, 5.74) is 1.64. The van der Waals surface area contributed by atoms with Crippen molar-refractivity contribution in [2.24, 2.45) is 0 Å². The summed E-state index contributed by atoms with van der Waals surface area (Å²) in [5.74, 6) is -1.09. The van der Waals surface area contributed by atoms with E-state index in [1.165, 1.54) is 11.0 Å². The Morgan fingerprint density at radius 1 is 1.09 bits per heavy atom. The predicted molar refractivity (Wildman–Crippen MR) is 82.1 cm³/mol. The third-order valence-corrected chi connectivity index (χ3v) is 3.71. The van der Waals surface area contributed by atoms with Crippen LogP contribution in [-0.4, -0.2) is 17.9 Å². The van der Waals surface area contributed by atoms with Crippen molar-refractivity contribution in [1.82, 2.24) is 0 Å². The van der Waals surface area contributed by atoms with Gasteiger partial charge in [-0.3, -0.25) is 9.59 Å². The highest BCUT2D eigenvalue weighted by Crippen LogP contribution is 2.27. The Morgan fingerprint density at radius 3 is 2.50 bits per heavy atom. The number of benzene rings is 2. The summed E-state index contributed by atoms with van der Waals surface area (Å²) in [5, 5.41) is 2.82. The van der Waals surface area contributed by atoms with Crippen LogP contribution in [0.1, 0.15) is 12.0 Å². The lowest BCUT2D eigenvalue weighted by molar-refractivity contribution is -0.121. The minimum Gasteiger partial charge on any atom is -0.371 e. The van der Waals surface area contributed by atoms with Crippen molar-refractivity contribution in [3.8, 4) is 0 Å². The van der Waals surface area contributed by atoms with Crippen LogP contribution in [0.4, 0.5) is 15.8 Å². The quantitative estimate of drug-likeness (QED) is 0.886. The molecule has 2 aromatic carbocycles. The monoisotopic (exact) mass is 298 g/mol. The highest BCUT2D eigenvalue weighted by molar-refractivity contribution is 6.23. The van der Waals surface area contributed by atoms with E-state index in [1.807, 2.05) is 19.1 Å². The second-order valence-electron chi connectivity index (χ2n) is 5.23. The molecule has 112 valence electrons. The Morgan fingerprint density at radius 2 is 1.77 bits per heavy atom. The Kier molecular flexibility index (Phi) is 3.63. The van der Waals surface area contributed by atoms with Gasteiger partial charge in [0, 0.05) is 0 Å². The first kappa shape index (κ1) is 14.3. The second-order valence-corrected chi connectivity index (χ2v) is 5.23. The summed E-state index contributed by atoms with van der Waals surface area (Å²) in [4.78, 5) is 25.9. The standard InChI is InChI=1S/C17H15FN2O2/c1-11-6-2-5-9-15(11)20-16(21)10-14(17(20)22)19-13-8-4-3-7-12(13)18/h2-9,14,19H,10H2,1H3/t14-/m1/s1. The van der Waals surface area contributed by atoms with E-state index < -0.39 is 11.9 Å². The van der Waals surface area contributed by atoms with Gasteiger partial charge in [-0.05, 0) is 30.7 Å². The predicted octanol–water partition coefficient (Wildman–Crippen LogP) is 2.88. The van der Waals surface area contributed by atoms with Gasteiger partial charge in [0.2, 0.25) is 5.91 Å². The number of rotatable bonds is 3. The first-order chi connectivity index (χ1) is 10.6. The van der Waals surface area contributed by atoms with Crippen LogP contribution in [0.3, 0.4) is 0 Å². The van der Waals surface area contributed by atoms with Gasteiger partial charge in [0.25, 0.3) is 5.91 Å². The van der Waals surface area contributed by atoms with Gasteiger partial charge in [-0.1, -0.05) is 30.3 Å². The van der Waals surface area contributed by atoms with Gasteiger partial charge in [-0.15, -0.1) is 0 Å². The van der Waals surface area contributed by atoms with Gasteiger partial charge in [0.1, 0.15) is 11.9 Å². The molecule has 0 unspecified atom stereocenters. The Balaban J connectivity index is 1.86. The number of aryl methyl sites for hydroxylation is 1. The van der Waals surface area contributed by atoms with Crippen molar-refractivity contribution in [1.29, 1.82) is 0 Å².